The lowest BCUT2D eigenvalue weighted by Gasteiger charge is -2.29. The first-order chi connectivity index (χ1) is 16.9. The maximum Gasteiger partial charge on any atom is 0.290 e. The summed E-state index contributed by atoms with van der Waals surface area (Å²) in [5, 5.41) is 19.5. The van der Waals surface area contributed by atoms with Crippen LogP contribution >= 0.6 is 0 Å². The van der Waals surface area contributed by atoms with Crippen molar-refractivity contribution in [3.05, 3.63) is 59.7 Å². The van der Waals surface area contributed by atoms with Crippen molar-refractivity contribution in [1.82, 2.24) is 10.2 Å². The molecular weight excluding hydrogens is 444 g/mol. The number of phenolic OH excluding ortho intramolecular Hbond substituents is 1. The van der Waals surface area contributed by atoms with Gasteiger partial charge in [0.1, 0.15) is 11.5 Å². The number of hydrogen-bond donors (Lipinski definition) is 3. The van der Waals surface area contributed by atoms with Crippen LogP contribution in [0.2, 0.25) is 0 Å². The summed E-state index contributed by atoms with van der Waals surface area (Å²) in [5.41, 5.74) is 2.20. The topological polar surface area (TPSA) is 99.1 Å². The molecule has 0 spiro atoms. The van der Waals surface area contributed by atoms with Crippen molar-refractivity contribution >= 4 is 12.4 Å². The zero-order valence-corrected chi connectivity index (χ0v) is 21.4. The molecule has 7 heteroatoms. The highest BCUT2D eigenvalue weighted by atomic mass is 16.5. The molecule has 0 bridgehead atoms. The van der Waals surface area contributed by atoms with Crippen LogP contribution in [0.1, 0.15) is 70.0 Å². The number of unbranched alkanes of at least 4 members (excludes halogenated alkanes) is 2. The van der Waals surface area contributed by atoms with E-state index in [1.807, 2.05) is 36.4 Å². The number of carbonyl (C=O) groups excluding carboxylic acids is 1. The fraction of sp³-hybridized carbons (Fsp3) is 0.500. The smallest absolute Gasteiger partial charge is 0.290 e. The van der Waals surface area contributed by atoms with Crippen molar-refractivity contribution in [2.24, 2.45) is 0 Å². The van der Waals surface area contributed by atoms with Gasteiger partial charge in [0.15, 0.2) is 0 Å². The first-order valence-corrected chi connectivity index (χ1v) is 12.5. The second-order valence-electron chi connectivity index (χ2n) is 8.49. The van der Waals surface area contributed by atoms with E-state index in [-0.39, 0.29) is 18.4 Å². The lowest BCUT2D eigenvalue weighted by Crippen LogP contribution is -2.33. The van der Waals surface area contributed by atoms with Crippen LogP contribution in [0.4, 0.5) is 0 Å². The Morgan fingerprint density at radius 1 is 1.00 bits per heavy atom. The van der Waals surface area contributed by atoms with Crippen LogP contribution in [-0.4, -0.2) is 53.7 Å². The Hall–Kier alpha value is -3.06. The quantitative estimate of drug-likeness (QED) is 0.237. The molecule has 0 saturated carbocycles. The summed E-state index contributed by atoms with van der Waals surface area (Å²) in [5.74, 6) is 1.20. The summed E-state index contributed by atoms with van der Waals surface area (Å²) in [6, 6.07) is 15.5. The molecule has 0 fully saturated rings. The van der Waals surface area contributed by atoms with Gasteiger partial charge in [-0.2, -0.15) is 0 Å². The molecule has 1 unspecified atom stereocenters. The first-order valence-electron chi connectivity index (χ1n) is 12.5. The molecule has 0 heterocycles. The first kappa shape index (κ1) is 30.0. The van der Waals surface area contributed by atoms with Crippen LogP contribution in [0.3, 0.4) is 0 Å². The maximum absolute atomic E-state index is 12.3. The van der Waals surface area contributed by atoms with E-state index in [0.717, 1.165) is 63.1 Å². The third-order valence-electron chi connectivity index (χ3n) is 5.72. The van der Waals surface area contributed by atoms with Gasteiger partial charge in [0, 0.05) is 19.1 Å². The molecule has 1 amide bonds. The second-order valence-corrected chi connectivity index (χ2v) is 8.49. The number of hydrogen-bond acceptors (Lipinski definition) is 5. The number of nitrogens with zero attached hydrogens (tertiary/aromatic N) is 1. The molecule has 7 nitrogen and oxygen atoms in total. The number of nitrogens with one attached hydrogen (secondary N) is 1. The molecule has 0 aliphatic rings. The van der Waals surface area contributed by atoms with E-state index in [4.69, 9.17) is 14.6 Å². The summed E-state index contributed by atoms with van der Waals surface area (Å²) in [4.78, 5) is 23.2. The lowest BCUT2D eigenvalue weighted by molar-refractivity contribution is -0.123. The number of aromatic hydroxyl groups is 1. The van der Waals surface area contributed by atoms with Gasteiger partial charge >= 0.3 is 0 Å². The number of carbonyl (C=O) groups is 2. The Balaban J connectivity index is 0.00000194. The average molecular weight is 487 g/mol. The second kappa shape index (κ2) is 18.3. The van der Waals surface area contributed by atoms with Crippen LogP contribution in [-0.2, 0) is 16.0 Å². The SMILES string of the molecule is CCCCOc1ccc(CC(=O)NCCCN(CCCC)C(C)c2ccc(O)cc2)cc1.O=CO. The minimum Gasteiger partial charge on any atom is -0.508 e. The van der Waals surface area contributed by atoms with Gasteiger partial charge in [-0.3, -0.25) is 14.5 Å². The third-order valence-corrected chi connectivity index (χ3v) is 5.72. The number of rotatable bonds is 15. The molecule has 0 aliphatic carbocycles. The molecule has 0 aliphatic heterocycles. The number of ether oxygens (including phenoxy) is 1. The lowest BCUT2D eigenvalue weighted by atomic mass is 10.1. The Kier molecular flexibility index (Phi) is 15.7. The molecule has 1 atom stereocenters. The minimum absolute atomic E-state index is 0.0522. The van der Waals surface area contributed by atoms with Gasteiger partial charge in [-0.1, -0.05) is 51.0 Å². The molecule has 0 aromatic heterocycles. The Morgan fingerprint density at radius 2 is 1.60 bits per heavy atom. The Morgan fingerprint density at radius 3 is 2.20 bits per heavy atom. The monoisotopic (exact) mass is 486 g/mol. The maximum atomic E-state index is 12.3. The molecule has 0 radical (unpaired) electrons. The summed E-state index contributed by atoms with van der Waals surface area (Å²) < 4.78 is 5.68. The van der Waals surface area contributed by atoms with Crippen molar-refractivity contribution in [3.63, 3.8) is 0 Å². The largest absolute Gasteiger partial charge is 0.508 e. The number of carboxylic acid groups (broad SMARTS) is 1. The predicted octanol–water partition coefficient (Wildman–Crippen LogP) is 5.18. The van der Waals surface area contributed by atoms with Gasteiger partial charge in [0.2, 0.25) is 5.91 Å². The van der Waals surface area contributed by atoms with E-state index >= 15 is 0 Å². The summed E-state index contributed by atoms with van der Waals surface area (Å²) in [7, 11) is 0. The predicted molar refractivity (Wildman–Crippen MR) is 140 cm³/mol. The van der Waals surface area contributed by atoms with E-state index in [2.05, 4.69) is 31.0 Å². The van der Waals surface area contributed by atoms with Gasteiger partial charge in [-0.25, -0.2) is 0 Å². The third kappa shape index (κ3) is 12.8. The van der Waals surface area contributed by atoms with Crippen LogP contribution in [0.5, 0.6) is 11.5 Å². The number of benzene rings is 2. The normalized spacial score (nSPS) is 11.3. The molecule has 35 heavy (non-hydrogen) atoms. The van der Waals surface area contributed by atoms with Gasteiger partial charge < -0.3 is 20.3 Å². The molecule has 194 valence electrons. The zero-order chi connectivity index (χ0) is 25.9. The fourth-order valence-corrected chi connectivity index (χ4v) is 3.62. The summed E-state index contributed by atoms with van der Waals surface area (Å²) >= 11 is 0. The van der Waals surface area contributed by atoms with Gasteiger partial charge in [0.05, 0.1) is 13.0 Å². The van der Waals surface area contributed by atoms with Gasteiger partial charge in [-0.05, 0) is 68.1 Å². The molecular formula is C28H42N2O5. The van der Waals surface area contributed by atoms with Crippen LogP contribution in [0.15, 0.2) is 48.5 Å². The minimum atomic E-state index is -0.250. The zero-order valence-electron chi connectivity index (χ0n) is 21.4. The van der Waals surface area contributed by atoms with E-state index in [0.29, 0.717) is 18.7 Å². The fourth-order valence-electron chi connectivity index (χ4n) is 3.62. The van der Waals surface area contributed by atoms with Crippen LogP contribution in [0.25, 0.3) is 0 Å². The van der Waals surface area contributed by atoms with Crippen LogP contribution < -0.4 is 10.1 Å². The van der Waals surface area contributed by atoms with E-state index in [9.17, 15) is 9.90 Å². The van der Waals surface area contributed by atoms with Crippen molar-refractivity contribution < 1.29 is 24.5 Å². The molecule has 3 N–H and O–H groups in total. The van der Waals surface area contributed by atoms with Crippen molar-refractivity contribution in [3.8, 4) is 11.5 Å². The van der Waals surface area contributed by atoms with E-state index in [1.165, 1.54) is 5.56 Å². The van der Waals surface area contributed by atoms with Gasteiger partial charge in [-0.15, -0.1) is 0 Å². The number of amides is 1. The molecule has 2 aromatic rings. The van der Waals surface area contributed by atoms with E-state index < -0.39 is 0 Å². The summed E-state index contributed by atoms with van der Waals surface area (Å²) in [6.45, 7) is 9.65. The highest BCUT2D eigenvalue weighted by Gasteiger charge is 2.15. The van der Waals surface area contributed by atoms with Crippen molar-refractivity contribution in [2.45, 2.75) is 65.3 Å². The standard InChI is InChI=1S/C27H40N2O3.CH2O2/c1-4-6-18-29(22(3)24-11-13-25(30)14-12-24)19-8-17-28-27(31)21-23-9-15-26(16-10-23)32-20-7-5-2;2-1-3/h9-16,22,30H,4-8,17-21H2,1-3H3,(H,28,31);1H,(H,2,3). The average Bonchev–Trinajstić information content (AvgIpc) is 2.85. The number of phenols is 1. The Bertz CT molecular complexity index is 824. The molecule has 2 rings (SSSR count). The molecule has 2 aromatic carbocycles. The van der Waals surface area contributed by atoms with E-state index in [1.54, 1.807) is 12.1 Å². The highest BCUT2D eigenvalue weighted by Crippen LogP contribution is 2.23. The van der Waals surface area contributed by atoms with Gasteiger partial charge in [0.25, 0.3) is 6.47 Å². The Labute approximate surface area is 210 Å². The summed E-state index contributed by atoms with van der Waals surface area (Å²) in [6.07, 6.45) is 5.75. The van der Waals surface area contributed by atoms with Crippen molar-refractivity contribution in [2.75, 3.05) is 26.2 Å². The van der Waals surface area contributed by atoms with Crippen molar-refractivity contribution in [1.29, 1.82) is 0 Å². The molecule has 0 saturated heterocycles. The highest BCUT2D eigenvalue weighted by molar-refractivity contribution is 5.78. The van der Waals surface area contributed by atoms with Crippen LogP contribution in [0, 0.1) is 0 Å².